The molecule has 112 valence electrons. The Morgan fingerprint density at radius 1 is 0.909 bits per heavy atom. The lowest BCUT2D eigenvalue weighted by atomic mass is 10.0. The summed E-state index contributed by atoms with van der Waals surface area (Å²) in [6.45, 7) is 1.01. The van der Waals surface area contributed by atoms with Gasteiger partial charge in [-0.1, -0.05) is 61.0 Å². The average molecular weight is 292 g/mol. The molecule has 0 saturated carbocycles. The molecule has 2 fully saturated rings. The number of hydrogen-bond acceptors (Lipinski definition) is 2. The second-order valence-electron chi connectivity index (χ2n) is 6.15. The number of carbonyl (C=O) groups is 1. The highest BCUT2D eigenvalue weighted by molar-refractivity contribution is 5.84. The monoisotopic (exact) mass is 292 g/mol. The molecular formula is C19H20N2O. The van der Waals surface area contributed by atoms with Crippen molar-refractivity contribution in [3.8, 4) is 11.1 Å². The molecule has 4 rings (SSSR count). The van der Waals surface area contributed by atoms with E-state index in [2.05, 4.69) is 58.7 Å². The molecule has 0 spiro atoms. The van der Waals surface area contributed by atoms with E-state index >= 15 is 0 Å². The molecule has 1 N–H and O–H groups in total. The van der Waals surface area contributed by atoms with Gasteiger partial charge in [0, 0.05) is 6.54 Å². The van der Waals surface area contributed by atoms with Crippen LogP contribution in [0.2, 0.25) is 0 Å². The molecule has 2 heterocycles. The molecule has 3 heteroatoms. The summed E-state index contributed by atoms with van der Waals surface area (Å²) in [6, 6.07) is 19.0. The zero-order valence-electron chi connectivity index (χ0n) is 12.5. The first kappa shape index (κ1) is 13.5. The van der Waals surface area contributed by atoms with Crippen molar-refractivity contribution in [2.45, 2.75) is 31.5 Å². The summed E-state index contributed by atoms with van der Waals surface area (Å²) in [4.78, 5) is 14.5. The van der Waals surface area contributed by atoms with Crippen LogP contribution in [0.3, 0.4) is 0 Å². The van der Waals surface area contributed by atoms with Crippen molar-refractivity contribution in [1.82, 2.24) is 10.2 Å². The SMILES string of the molecule is O=C1N[C@H](c2ccc(-c3ccccc3)cc2)N2CCCC[C@H]12. The van der Waals surface area contributed by atoms with Crippen LogP contribution in [0.25, 0.3) is 11.1 Å². The van der Waals surface area contributed by atoms with Crippen LogP contribution >= 0.6 is 0 Å². The molecule has 0 aliphatic carbocycles. The number of nitrogens with zero attached hydrogens (tertiary/aromatic N) is 1. The molecule has 2 atom stereocenters. The van der Waals surface area contributed by atoms with E-state index in [0.29, 0.717) is 0 Å². The lowest BCUT2D eigenvalue weighted by molar-refractivity contribution is -0.122. The molecule has 3 nitrogen and oxygen atoms in total. The summed E-state index contributed by atoms with van der Waals surface area (Å²) in [5.74, 6) is 0.192. The summed E-state index contributed by atoms with van der Waals surface area (Å²) in [5.41, 5.74) is 3.61. The first-order valence-electron chi connectivity index (χ1n) is 8.04. The number of piperidine rings is 1. The number of nitrogens with one attached hydrogen (secondary N) is 1. The van der Waals surface area contributed by atoms with Gasteiger partial charge >= 0.3 is 0 Å². The van der Waals surface area contributed by atoms with Crippen molar-refractivity contribution in [1.29, 1.82) is 0 Å². The van der Waals surface area contributed by atoms with E-state index in [1.54, 1.807) is 0 Å². The molecule has 1 amide bonds. The van der Waals surface area contributed by atoms with Gasteiger partial charge in [0.05, 0.1) is 6.04 Å². The van der Waals surface area contributed by atoms with Gasteiger partial charge in [-0.3, -0.25) is 9.69 Å². The zero-order chi connectivity index (χ0) is 14.9. The van der Waals surface area contributed by atoms with Gasteiger partial charge in [0.2, 0.25) is 5.91 Å². The number of carbonyl (C=O) groups excluding carboxylic acids is 1. The Balaban J connectivity index is 1.60. The molecule has 2 saturated heterocycles. The van der Waals surface area contributed by atoms with Gasteiger partial charge in [-0.05, 0) is 29.5 Å². The Hall–Kier alpha value is -2.13. The molecule has 0 radical (unpaired) electrons. The first-order valence-corrected chi connectivity index (χ1v) is 8.04. The predicted octanol–water partition coefficient (Wildman–Crippen LogP) is 3.34. The quantitative estimate of drug-likeness (QED) is 0.920. The van der Waals surface area contributed by atoms with Gasteiger partial charge < -0.3 is 5.32 Å². The number of benzene rings is 2. The van der Waals surface area contributed by atoms with Gasteiger partial charge in [0.15, 0.2) is 0 Å². The van der Waals surface area contributed by atoms with Gasteiger partial charge in [0.25, 0.3) is 0 Å². The van der Waals surface area contributed by atoms with Crippen LogP contribution in [0.4, 0.5) is 0 Å². The van der Waals surface area contributed by atoms with E-state index in [4.69, 9.17) is 0 Å². The maximum atomic E-state index is 12.1. The number of amides is 1. The summed E-state index contributed by atoms with van der Waals surface area (Å²) >= 11 is 0. The Morgan fingerprint density at radius 3 is 2.41 bits per heavy atom. The fraction of sp³-hybridized carbons (Fsp3) is 0.316. The van der Waals surface area contributed by atoms with Gasteiger partial charge in [-0.25, -0.2) is 0 Å². The molecule has 2 aliphatic rings. The molecule has 0 unspecified atom stereocenters. The lowest BCUT2D eigenvalue weighted by Gasteiger charge is -2.31. The third-order valence-electron chi connectivity index (χ3n) is 4.79. The lowest BCUT2D eigenvalue weighted by Crippen LogP contribution is -2.38. The predicted molar refractivity (Wildman–Crippen MR) is 87.1 cm³/mol. The van der Waals surface area contributed by atoms with Gasteiger partial charge in [-0.2, -0.15) is 0 Å². The molecule has 0 bridgehead atoms. The summed E-state index contributed by atoms with van der Waals surface area (Å²) in [6.07, 6.45) is 3.38. The van der Waals surface area contributed by atoms with Crippen LogP contribution < -0.4 is 5.32 Å². The van der Waals surface area contributed by atoms with Crippen molar-refractivity contribution < 1.29 is 4.79 Å². The Bertz CT molecular complexity index is 666. The van der Waals surface area contributed by atoms with Crippen LogP contribution in [-0.2, 0) is 4.79 Å². The van der Waals surface area contributed by atoms with Crippen molar-refractivity contribution in [2.75, 3.05) is 6.54 Å². The van der Waals surface area contributed by atoms with Crippen molar-refractivity contribution >= 4 is 5.91 Å². The van der Waals surface area contributed by atoms with Crippen molar-refractivity contribution in [3.05, 3.63) is 60.2 Å². The van der Waals surface area contributed by atoms with Crippen LogP contribution in [0.15, 0.2) is 54.6 Å². The number of rotatable bonds is 2. The molecule has 2 aliphatic heterocycles. The molecule has 22 heavy (non-hydrogen) atoms. The molecule has 2 aromatic rings. The second kappa shape index (κ2) is 5.58. The highest BCUT2D eigenvalue weighted by Crippen LogP contribution is 2.32. The average Bonchev–Trinajstić information content (AvgIpc) is 2.93. The van der Waals surface area contributed by atoms with Crippen LogP contribution in [0.1, 0.15) is 31.0 Å². The maximum absolute atomic E-state index is 12.1. The fourth-order valence-corrected chi connectivity index (χ4v) is 3.62. The summed E-state index contributed by atoms with van der Waals surface area (Å²) in [7, 11) is 0. The van der Waals surface area contributed by atoms with Crippen LogP contribution in [0.5, 0.6) is 0 Å². The molecular weight excluding hydrogens is 272 g/mol. The zero-order valence-corrected chi connectivity index (χ0v) is 12.5. The van der Waals surface area contributed by atoms with Crippen molar-refractivity contribution in [3.63, 3.8) is 0 Å². The minimum Gasteiger partial charge on any atom is -0.335 e. The highest BCUT2D eigenvalue weighted by atomic mass is 16.2. The molecule has 0 aromatic heterocycles. The minimum atomic E-state index is 0.0441. The largest absolute Gasteiger partial charge is 0.335 e. The third-order valence-corrected chi connectivity index (χ3v) is 4.79. The summed E-state index contributed by atoms with van der Waals surface area (Å²) < 4.78 is 0. The number of hydrogen-bond donors (Lipinski definition) is 1. The Kier molecular flexibility index (Phi) is 3.43. The van der Waals surface area contributed by atoms with E-state index in [1.165, 1.54) is 23.1 Å². The van der Waals surface area contributed by atoms with Crippen LogP contribution in [0, 0.1) is 0 Å². The minimum absolute atomic E-state index is 0.0441. The van der Waals surface area contributed by atoms with Crippen LogP contribution in [-0.4, -0.2) is 23.4 Å². The normalized spacial score (nSPS) is 24.8. The van der Waals surface area contributed by atoms with E-state index in [9.17, 15) is 4.79 Å². The summed E-state index contributed by atoms with van der Waals surface area (Å²) in [5, 5.41) is 3.16. The molecule has 2 aromatic carbocycles. The van der Waals surface area contributed by atoms with E-state index in [1.807, 2.05) is 6.07 Å². The van der Waals surface area contributed by atoms with Gasteiger partial charge in [-0.15, -0.1) is 0 Å². The number of fused-ring (bicyclic) bond motifs is 1. The van der Waals surface area contributed by atoms with Crippen molar-refractivity contribution in [2.24, 2.45) is 0 Å². The maximum Gasteiger partial charge on any atom is 0.238 e. The third kappa shape index (κ3) is 2.32. The first-order chi connectivity index (χ1) is 10.8. The van der Waals surface area contributed by atoms with Gasteiger partial charge in [0.1, 0.15) is 6.17 Å². The smallest absolute Gasteiger partial charge is 0.238 e. The van der Waals surface area contributed by atoms with E-state index < -0.39 is 0 Å². The fourth-order valence-electron chi connectivity index (χ4n) is 3.62. The topological polar surface area (TPSA) is 32.3 Å². The standard InChI is InChI=1S/C19H20N2O/c22-19-17-8-4-5-13-21(17)18(20-19)16-11-9-15(10-12-16)14-6-2-1-3-7-14/h1-3,6-7,9-12,17-18H,4-5,8,13H2,(H,20,22)/t17-,18+/m1/s1. The second-order valence-corrected chi connectivity index (χ2v) is 6.15. The van der Waals surface area contributed by atoms with E-state index in [0.717, 1.165) is 19.4 Å². The van der Waals surface area contributed by atoms with E-state index in [-0.39, 0.29) is 18.1 Å². The Labute approximate surface area is 131 Å². The highest BCUT2D eigenvalue weighted by Gasteiger charge is 2.41. The Morgan fingerprint density at radius 2 is 1.64 bits per heavy atom.